The molecule has 0 atom stereocenters. The third kappa shape index (κ3) is 2.68. The molecule has 0 bridgehead atoms. The van der Waals surface area contributed by atoms with Gasteiger partial charge in [0.15, 0.2) is 4.96 Å². The van der Waals surface area contributed by atoms with Crippen molar-refractivity contribution >= 4 is 28.3 Å². The van der Waals surface area contributed by atoms with Gasteiger partial charge in [-0.1, -0.05) is 6.42 Å². The van der Waals surface area contributed by atoms with Gasteiger partial charge in [0.05, 0.1) is 17.6 Å². The van der Waals surface area contributed by atoms with E-state index in [1.165, 1.54) is 19.3 Å². The predicted octanol–water partition coefficient (Wildman–Crippen LogP) is 2.60. The molecule has 100 valence electrons. The summed E-state index contributed by atoms with van der Waals surface area (Å²) in [7, 11) is 0. The van der Waals surface area contributed by atoms with E-state index in [0.717, 1.165) is 35.1 Å². The number of aliphatic imine (C=N–C) groups is 1. The van der Waals surface area contributed by atoms with Crippen molar-refractivity contribution in [3.8, 4) is 0 Å². The predicted molar refractivity (Wildman–Crippen MR) is 79.3 cm³/mol. The normalized spacial score (nSPS) is 16.8. The van der Waals surface area contributed by atoms with Crippen LogP contribution in [0.15, 0.2) is 21.7 Å². The molecule has 0 saturated heterocycles. The number of aromatic nitrogens is 2. The molecule has 5 nitrogen and oxygen atoms in total. The van der Waals surface area contributed by atoms with Crippen LogP contribution in [0.3, 0.4) is 0 Å². The Morgan fingerprint density at radius 1 is 1.42 bits per heavy atom. The lowest BCUT2D eigenvalue weighted by atomic mass is 10.2. The van der Waals surface area contributed by atoms with Crippen molar-refractivity contribution in [2.75, 3.05) is 6.54 Å². The Labute approximate surface area is 116 Å². The number of nitrogens with one attached hydrogen (secondary N) is 1. The summed E-state index contributed by atoms with van der Waals surface area (Å²) in [6.45, 7) is 2.92. The number of thiazole rings is 1. The minimum atomic E-state index is 0.915. The standard InChI is InChI=1S/C13H17N5S/c1-10-11(18-7-8-19-13(18)16-10)9-15-17-12-5-3-2-4-6-14-12/h7-9H,2-6H2,1H3,(H,14,17). The number of rotatable bonds is 2. The molecule has 2 aromatic rings. The van der Waals surface area contributed by atoms with Gasteiger partial charge in [0.2, 0.25) is 0 Å². The topological polar surface area (TPSA) is 54.0 Å². The van der Waals surface area contributed by atoms with Crippen molar-refractivity contribution in [2.45, 2.75) is 32.6 Å². The van der Waals surface area contributed by atoms with Gasteiger partial charge in [0, 0.05) is 24.5 Å². The second-order valence-electron chi connectivity index (χ2n) is 4.65. The summed E-state index contributed by atoms with van der Waals surface area (Å²) in [6, 6.07) is 0. The van der Waals surface area contributed by atoms with Crippen molar-refractivity contribution in [2.24, 2.45) is 10.1 Å². The number of hydrogen-bond acceptors (Lipinski definition) is 5. The van der Waals surface area contributed by atoms with E-state index < -0.39 is 0 Å². The smallest absolute Gasteiger partial charge is 0.194 e. The van der Waals surface area contributed by atoms with Gasteiger partial charge in [-0.05, 0) is 19.8 Å². The molecular weight excluding hydrogens is 258 g/mol. The average Bonchev–Trinajstić information content (AvgIpc) is 2.83. The van der Waals surface area contributed by atoms with Crippen LogP contribution in [0, 0.1) is 6.92 Å². The van der Waals surface area contributed by atoms with Crippen LogP contribution in [0.4, 0.5) is 0 Å². The van der Waals surface area contributed by atoms with Crippen molar-refractivity contribution in [1.82, 2.24) is 14.8 Å². The molecule has 1 N–H and O–H groups in total. The maximum absolute atomic E-state index is 4.49. The van der Waals surface area contributed by atoms with Gasteiger partial charge >= 0.3 is 0 Å². The molecule has 0 unspecified atom stereocenters. The zero-order chi connectivity index (χ0) is 13.1. The summed E-state index contributed by atoms with van der Waals surface area (Å²) in [5.41, 5.74) is 5.09. The SMILES string of the molecule is Cc1nc2sccn2c1C=NNC1=NCCCCC1. The molecule has 6 heteroatoms. The van der Waals surface area contributed by atoms with Crippen LogP contribution in [0.2, 0.25) is 0 Å². The molecule has 3 rings (SSSR count). The monoisotopic (exact) mass is 275 g/mol. The molecular formula is C13H17N5S. The molecule has 3 heterocycles. The first-order valence-corrected chi connectivity index (χ1v) is 7.47. The van der Waals surface area contributed by atoms with Gasteiger partial charge in [-0.15, -0.1) is 11.3 Å². The van der Waals surface area contributed by atoms with Crippen LogP contribution in [0.25, 0.3) is 4.96 Å². The van der Waals surface area contributed by atoms with Crippen LogP contribution in [0.1, 0.15) is 37.1 Å². The van der Waals surface area contributed by atoms with Gasteiger partial charge in [0.1, 0.15) is 5.84 Å². The summed E-state index contributed by atoms with van der Waals surface area (Å²) < 4.78 is 2.06. The fourth-order valence-electron chi connectivity index (χ4n) is 2.20. The number of aryl methyl sites for hydroxylation is 1. The van der Waals surface area contributed by atoms with Crippen molar-refractivity contribution in [3.05, 3.63) is 23.0 Å². The van der Waals surface area contributed by atoms with E-state index in [-0.39, 0.29) is 0 Å². The molecule has 0 amide bonds. The summed E-state index contributed by atoms with van der Waals surface area (Å²) in [5, 5.41) is 6.34. The minimum Gasteiger partial charge on any atom is -0.289 e. The van der Waals surface area contributed by atoms with E-state index in [1.807, 2.05) is 24.7 Å². The molecule has 0 aromatic carbocycles. The van der Waals surface area contributed by atoms with E-state index in [2.05, 4.69) is 24.9 Å². The molecule has 1 aliphatic heterocycles. The van der Waals surface area contributed by atoms with E-state index in [0.29, 0.717) is 0 Å². The Kier molecular flexibility index (Phi) is 3.59. The van der Waals surface area contributed by atoms with Crippen LogP contribution >= 0.6 is 11.3 Å². The highest BCUT2D eigenvalue weighted by Gasteiger charge is 2.07. The summed E-state index contributed by atoms with van der Waals surface area (Å²) in [4.78, 5) is 9.98. The molecule has 19 heavy (non-hydrogen) atoms. The van der Waals surface area contributed by atoms with Crippen molar-refractivity contribution in [3.63, 3.8) is 0 Å². The lowest BCUT2D eigenvalue weighted by molar-refractivity contribution is 0.729. The zero-order valence-electron chi connectivity index (χ0n) is 11.0. The number of hydrogen-bond donors (Lipinski definition) is 1. The van der Waals surface area contributed by atoms with Gasteiger partial charge in [-0.25, -0.2) is 4.98 Å². The first-order valence-electron chi connectivity index (χ1n) is 6.59. The van der Waals surface area contributed by atoms with Crippen LogP contribution in [0.5, 0.6) is 0 Å². The Hall–Kier alpha value is -1.69. The quantitative estimate of drug-likeness (QED) is 0.676. The highest BCUT2D eigenvalue weighted by atomic mass is 32.1. The van der Waals surface area contributed by atoms with E-state index in [9.17, 15) is 0 Å². The Bertz CT molecular complexity index is 622. The fourth-order valence-corrected chi connectivity index (χ4v) is 2.97. The van der Waals surface area contributed by atoms with Gasteiger partial charge in [0.25, 0.3) is 0 Å². The van der Waals surface area contributed by atoms with Crippen molar-refractivity contribution < 1.29 is 0 Å². The largest absolute Gasteiger partial charge is 0.289 e. The van der Waals surface area contributed by atoms with Gasteiger partial charge in [-0.3, -0.25) is 14.8 Å². The summed E-state index contributed by atoms with van der Waals surface area (Å²) in [5.74, 6) is 0.998. The Morgan fingerprint density at radius 3 is 3.32 bits per heavy atom. The fraction of sp³-hybridized carbons (Fsp3) is 0.462. The molecule has 1 aliphatic rings. The summed E-state index contributed by atoms with van der Waals surface area (Å²) in [6.07, 6.45) is 8.49. The molecule has 0 radical (unpaired) electrons. The number of nitrogens with zero attached hydrogens (tertiary/aromatic N) is 4. The second kappa shape index (κ2) is 5.52. The molecule has 2 aromatic heterocycles. The van der Waals surface area contributed by atoms with Crippen molar-refractivity contribution in [1.29, 1.82) is 0 Å². The summed E-state index contributed by atoms with van der Waals surface area (Å²) >= 11 is 1.63. The lowest BCUT2D eigenvalue weighted by Crippen LogP contribution is -2.17. The molecule has 0 fully saturated rings. The van der Waals surface area contributed by atoms with E-state index in [1.54, 1.807) is 11.3 Å². The van der Waals surface area contributed by atoms with Gasteiger partial charge in [-0.2, -0.15) is 5.10 Å². The van der Waals surface area contributed by atoms with Gasteiger partial charge < -0.3 is 0 Å². The van der Waals surface area contributed by atoms with E-state index >= 15 is 0 Å². The van der Waals surface area contributed by atoms with Crippen LogP contribution in [-0.4, -0.2) is 28.0 Å². The maximum Gasteiger partial charge on any atom is 0.194 e. The third-order valence-electron chi connectivity index (χ3n) is 3.24. The lowest BCUT2D eigenvalue weighted by Gasteiger charge is -2.01. The highest BCUT2D eigenvalue weighted by molar-refractivity contribution is 7.15. The maximum atomic E-state index is 4.49. The first-order chi connectivity index (χ1) is 9.34. The Balaban J connectivity index is 1.73. The van der Waals surface area contributed by atoms with Crippen LogP contribution < -0.4 is 5.43 Å². The second-order valence-corrected chi connectivity index (χ2v) is 5.52. The minimum absolute atomic E-state index is 0.915. The third-order valence-corrected chi connectivity index (χ3v) is 3.99. The van der Waals surface area contributed by atoms with Crippen LogP contribution in [-0.2, 0) is 0 Å². The number of amidine groups is 1. The number of hydrazone groups is 1. The molecule has 0 spiro atoms. The Morgan fingerprint density at radius 2 is 2.37 bits per heavy atom. The molecule has 0 aliphatic carbocycles. The number of fused-ring (bicyclic) bond motifs is 1. The average molecular weight is 275 g/mol. The first kappa shape index (κ1) is 12.3. The number of imidazole rings is 1. The zero-order valence-corrected chi connectivity index (χ0v) is 11.8. The van der Waals surface area contributed by atoms with E-state index in [4.69, 9.17) is 0 Å². The molecule has 0 saturated carbocycles. The highest BCUT2D eigenvalue weighted by Crippen LogP contribution is 2.15.